The SMILES string of the molecule is CC12CCCCCC1(C)N(c1ccccc1)c1ccc(-c3ccc4c(c3)C(c3ccccc3)(c3ccccc3)c3cc(-c5ccc6c(c5)C5(C)CCCCCC5(C)N6c5ccccc5)ccc3-4)cc12. The number of rotatable bonds is 6. The van der Waals surface area contributed by atoms with E-state index in [2.05, 4.69) is 232 Å². The Hall–Kier alpha value is -6.64. The molecule has 5 aliphatic rings. The number of para-hydroxylation sites is 2. The van der Waals surface area contributed by atoms with Gasteiger partial charge in [-0.25, -0.2) is 0 Å². The molecule has 0 spiro atoms. The van der Waals surface area contributed by atoms with Gasteiger partial charge in [0.05, 0.1) is 16.5 Å². The van der Waals surface area contributed by atoms with Crippen LogP contribution in [0.4, 0.5) is 22.7 Å². The van der Waals surface area contributed by atoms with Crippen molar-refractivity contribution in [1.82, 2.24) is 0 Å². The highest BCUT2D eigenvalue weighted by atomic mass is 15.3. The fourth-order valence-electron chi connectivity index (χ4n) is 15.0. The first-order valence-electron chi connectivity index (χ1n) is 26.1. The molecule has 2 heterocycles. The highest BCUT2D eigenvalue weighted by molar-refractivity contribution is 5.91. The largest absolute Gasteiger partial charge is 0.334 e. The van der Waals surface area contributed by atoms with E-state index in [0.29, 0.717) is 0 Å². The van der Waals surface area contributed by atoms with Gasteiger partial charge in [0.25, 0.3) is 0 Å². The maximum Gasteiger partial charge on any atom is 0.0713 e. The molecular weight excluding hydrogens is 833 g/mol. The lowest BCUT2D eigenvalue weighted by atomic mass is 9.66. The van der Waals surface area contributed by atoms with Crippen LogP contribution in [0, 0.1) is 0 Å². The van der Waals surface area contributed by atoms with E-state index in [1.54, 1.807) is 0 Å². The van der Waals surface area contributed by atoms with Gasteiger partial charge in [0.1, 0.15) is 0 Å². The summed E-state index contributed by atoms with van der Waals surface area (Å²) in [5, 5.41) is 0. The van der Waals surface area contributed by atoms with E-state index in [1.165, 1.54) is 154 Å². The quantitative estimate of drug-likeness (QED) is 0.164. The van der Waals surface area contributed by atoms with Crippen molar-refractivity contribution >= 4 is 22.7 Å². The molecule has 0 amide bonds. The Morgan fingerprint density at radius 3 is 1.04 bits per heavy atom. The van der Waals surface area contributed by atoms with Crippen LogP contribution >= 0.6 is 0 Å². The molecule has 13 rings (SSSR count). The average Bonchev–Trinajstić information content (AvgIpc) is 3.73. The molecule has 2 heteroatoms. The van der Waals surface area contributed by atoms with Gasteiger partial charge in [-0.2, -0.15) is 0 Å². The molecule has 0 bridgehead atoms. The van der Waals surface area contributed by atoms with Crippen LogP contribution in [0.15, 0.2) is 194 Å². The van der Waals surface area contributed by atoms with Crippen molar-refractivity contribution in [3.8, 4) is 33.4 Å². The Bertz CT molecular complexity index is 3030. The molecule has 4 unspecified atom stereocenters. The van der Waals surface area contributed by atoms with Crippen LogP contribution < -0.4 is 9.80 Å². The third-order valence-corrected chi connectivity index (χ3v) is 19.0. The van der Waals surface area contributed by atoms with Gasteiger partial charge in [-0.3, -0.25) is 0 Å². The smallest absolute Gasteiger partial charge is 0.0713 e. The maximum absolute atomic E-state index is 2.71. The molecule has 2 nitrogen and oxygen atoms in total. The summed E-state index contributed by atoms with van der Waals surface area (Å²) in [7, 11) is 0. The summed E-state index contributed by atoms with van der Waals surface area (Å²) in [5.41, 5.74) is 21.0. The summed E-state index contributed by atoms with van der Waals surface area (Å²) in [6.07, 6.45) is 12.4. The van der Waals surface area contributed by atoms with Crippen molar-refractivity contribution in [2.45, 2.75) is 119 Å². The summed E-state index contributed by atoms with van der Waals surface area (Å²) in [5.74, 6) is 0. The molecule has 0 N–H and O–H groups in total. The summed E-state index contributed by atoms with van der Waals surface area (Å²) >= 11 is 0. The monoisotopic (exact) mass is 897 g/mol. The van der Waals surface area contributed by atoms with E-state index in [1.807, 2.05) is 0 Å². The molecule has 2 aliphatic heterocycles. The normalized spacial score (nSPS) is 25.1. The van der Waals surface area contributed by atoms with Gasteiger partial charge in [0.2, 0.25) is 0 Å². The van der Waals surface area contributed by atoms with E-state index in [0.717, 1.165) is 0 Å². The standard InChI is InChI=1S/C67H64N2/c1-63-39-19-9-21-41-65(63,3)68(53-27-15-7-16-28-53)61-37-33-49(45-59(61)63)47-31-35-55-56-36-32-48(44-58(56)67(57(55)43-47,51-23-11-5-12-24-51)52-25-13-6-14-26-52)50-34-38-62-60(46-50)64(2)40-20-10-22-42-66(64,4)69(62)54-29-17-8-18-30-54/h5-8,11-18,23-38,43-46H,9-10,19-22,39-42H2,1-4H3. The zero-order valence-electron chi connectivity index (χ0n) is 40.9. The van der Waals surface area contributed by atoms with Gasteiger partial charge < -0.3 is 9.80 Å². The summed E-state index contributed by atoms with van der Waals surface area (Å²) in [6.45, 7) is 10.3. The van der Waals surface area contributed by atoms with Crippen molar-refractivity contribution in [3.63, 3.8) is 0 Å². The lowest BCUT2D eigenvalue weighted by Crippen LogP contribution is -2.52. The fraction of sp³-hybridized carbons (Fsp3) is 0.284. The molecular formula is C67H64N2. The van der Waals surface area contributed by atoms with Crippen LogP contribution in [0.1, 0.15) is 125 Å². The third-order valence-electron chi connectivity index (χ3n) is 19.0. The Balaban J connectivity index is 0.985. The van der Waals surface area contributed by atoms with Crippen LogP contribution in [-0.2, 0) is 16.2 Å². The van der Waals surface area contributed by atoms with Gasteiger partial charge in [-0.05, 0) is 167 Å². The second kappa shape index (κ2) is 15.7. The molecule has 69 heavy (non-hydrogen) atoms. The molecule has 8 aromatic carbocycles. The van der Waals surface area contributed by atoms with E-state index in [-0.39, 0.29) is 21.9 Å². The van der Waals surface area contributed by atoms with E-state index in [4.69, 9.17) is 0 Å². The van der Waals surface area contributed by atoms with Gasteiger partial charge in [0, 0.05) is 33.6 Å². The van der Waals surface area contributed by atoms with Crippen molar-refractivity contribution in [3.05, 3.63) is 228 Å². The second-order valence-corrected chi connectivity index (χ2v) is 22.1. The molecule has 0 radical (unpaired) electrons. The predicted octanol–water partition coefficient (Wildman–Crippen LogP) is 17.6. The van der Waals surface area contributed by atoms with Gasteiger partial charge in [0.15, 0.2) is 0 Å². The van der Waals surface area contributed by atoms with Crippen molar-refractivity contribution in [2.75, 3.05) is 9.80 Å². The average molecular weight is 897 g/mol. The molecule has 2 saturated carbocycles. The highest BCUT2D eigenvalue weighted by Gasteiger charge is 2.58. The molecule has 4 atom stereocenters. The lowest BCUT2D eigenvalue weighted by Gasteiger charge is -2.46. The highest BCUT2D eigenvalue weighted by Crippen LogP contribution is 2.63. The Morgan fingerprint density at radius 2 is 0.652 bits per heavy atom. The Labute approximate surface area is 410 Å². The Morgan fingerprint density at radius 1 is 0.319 bits per heavy atom. The molecule has 8 aromatic rings. The van der Waals surface area contributed by atoms with Crippen LogP contribution in [0.25, 0.3) is 33.4 Å². The van der Waals surface area contributed by atoms with Crippen molar-refractivity contribution < 1.29 is 0 Å². The van der Waals surface area contributed by atoms with Gasteiger partial charge in [-0.1, -0.05) is 186 Å². The van der Waals surface area contributed by atoms with Crippen molar-refractivity contribution in [2.24, 2.45) is 0 Å². The number of nitrogens with zero attached hydrogens (tertiary/aromatic N) is 2. The van der Waals surface area contributed by atoms with Crippen molar-refractivity contribution in [1.29, 1.82) is 0 Å². The zero-order valence-corrected chi connectivity index (χ0v) is 40.9. The third kappa shape index (κ3) is 5.90. The van der Waals surface area contributed by atoms with Crippen LogP contribution in [0.5, 0.6) is 0 Å². The summed E-state index contributed by atoms with van der Waals surface area (Å²) in [6, 6.07) is 74.8. The number of fused-ring (bicyclic) bond motifs is 9. The number of hydrogen-bond acceptors (Lipinski definition) is 2. The van der Waals surface area contributed by atoms with Crippen LogP contribution in [0.2, 0.25) is 0 Å². The predicted molar refractivity (Wildman–Crippen MR) is 289 cm³/mol. The topological polar surface area (TPSA) is 6.48 Å². The minimum absolute atomic E-state index is 0.00788. The number of hydrogen-bond donors (Lipinski definition) is 0. The van der Waals surface area contributed by atoms with E-state index in [9.17, 15) is 0 Å². The first-order valence-corrected chi connectivity index (χ1v) is 26.1. The first-order chi connectivity index (χ1) is 33.7. The minimum Gasteiger partial charge on any atom is -0.334 e. The second-order valence-electron chi connectivity index (χ2n) is 22.1. The van der Waals surface area contributed by atoms with E-state index >= 15 is 0 Å². The molecule has 0 aromatic heterocycles. The van der Waals surface area contributed by atoms with Crippen LogP contribution in [0.3, 0.4) is 0 Å². The molecule has 3 aliphatic carbocycles. The van der Waals surface area contributed by atoms with Crippen LogP contribution in [-0.4, -0.2) is 11.1 Å². The minimum atomic E-state index is -0.529. The van der Waals surface area contributed by atoms with Gasteiger partial charge >= 0.3 is 0 Å². The molecule has 0 saturated heterocycles. The number of anilines is 4. The van der Waals surface area contributed by atoms with E-state index < -0.39 is 5.41 Å². The fourth-order valence-corrected chi connectivity index (χ4v) is 15.0. The summed E-state index contributed by atoms with van der Waals surface area (Å²) < 4.78 is 0. The molecule has 2 fully saturated rings. The maximum atomic E-state index is 2.71. The summed E-state index contributed by atoms with van der Waals surface area (Å²) in [4.78, 5) is 5.42. The first kappa shape index (κ1) is 42.5. The van der Waals surface area contributed by atoms with Gasteiger partial charge in [-0.15, -0.1) is 0 Å². The lowest BCUT2D eigenvalue weighted by molar-refractivity contribution is 0.261. The zero-order chi connectivity index (χ0) is 46.6. The molecule has 342 valence electrons. The number of benzene rings is 8. The Kier molecular flexibility index (Phi) is 9.66.